The van der Waals surface area contributed by atoms with Gasteiger partial charge in [-0.25, -0.2) is 4.79 Å². The van der Waals surface area contributed by atoms with Crippen LogP contribution in [-0.2, 0) is 9.59 Å². The summed E-state index contributed by atoms with van der Waals surface area (Å²) in [6, 6.07) is 0. The number of carboxylic acid groups (broad SMARTS) is 1. The van der Waals surface area contributed by atoms with Crippen molar-refractivity contribution in [3.8, 4) is 0 Å². The molecule has 5 nitrogen and oxygen atoms in total. The van der Waals surface area contributed by atoms with Crippen molar-refractivity contribution in [2.24, 2.45) is 0 Å². The van der Waals surface area contributed by atoms with Crippen LogP contribution < -0.4 is 5.32 Å². The van der Waals surface area contributed by atoms with E-state index in [1.807, 2.05) is 6.92 Å². The molecule has 1 rings (SSSR count). The number of nitrogens with one attached hydrogen (secondary N) is 1. The van der Waals surface area contributed by atoms with Gasteiger partial charge in [-0.2, -0.15) is 0 Å². The van der Waals surface area contributed by atoms with Crippen LogP contribution >= 0.6 is 0 Å². The quantitative estimate of drug-likeness (QED) is 0.766. The van der Waals surface area contributed by atoms with Gasteiger partial charge in [0.1, 0.15) is 5.54 Å². The third kappa shape index (κ3) is 2.29. The molecule has 0 bridgehead atoms. The molecule has 0 saturated carbocycles. The fourth-order valence-corrected chi connectivity index (χ4v) is 2.16. The summed E-state index contributed by atoms with van der Waals surface area (Å²) in [4.78, 5) is 25.0. The van der Waals surface area contributed by atoms with Crippen molar-refractivity contribution >= 4 is 11.9 Å². The van der Waals surface area contributed by atoms with E-state index in [2.05, 4.69) is 5.32 Å². The second-order valence-corrected chi connectivity index (χ2v) is 5.19. The van der Waals surface area contributed by atoms with Crippen LogP contribution in [0.5, 0.6) is 0 Å². The lowest BCUT2D eigenvalue weighted by Gasteiger charge is -2.38. The second-order valence-electron chi connectivity index (χ2n) is 5.19. The fourth-order valence-electron chi connectivity index (χ4n) is 2.16. The highest BCUT2D eigenvalue weighted by molar-refractivity contribution is 5.91. The maximum absolute atomic E-state index is 12.4. The van der Waals surface area contributed by atoms with Crippen LogP contribution in [-0.4, -0.2) is 46.6 Å². The Morgan fingerprint density at radius 1 is 1.47 bits per heavy atom. The summed E-state index contributed by atoms with van der Waals surface area (Å²) in [5.74, 6) is -1.11. The van der Waals surface area contributed by atoms with Crippen LogP contribution in [0.4, 0.5) is 0 Å². The molecule has 1 aliphatic rings. The zero-order chi connectivity index (χ0) is 13.3. The molecule has 0 aromatic heterocycles. The highest BCUT2D eigenvalue weighted by Gasteiger charge is 2.46. The molecule has 1 fully saturated rings. The molecule has 0 spiro atoms. The summed E-state index contributed by atoms with van der Waals surface area (Å²) in [5.41, 5.74) is -1.75. The van der Waals surface area contributed by atoms with Gasteiger partial charge in [-0.05, 0) is 39.7 Å². The van der Waals surface area contributed by atoms with E-state index in [-0.39, 0.29) is 5.91 Å². The minimum absolute atomic E-state index is 0.120. The van der Waals surface area contributed by atoms with Crippen molar-refractivity contribution in [2.45, 2.75) is 51.1 Å². The number of amides is 1. The maximum Gasteiger partial charge on any atom is 0.329 e. The Bertz CT molecular complexity index is 320. The molecule has 98 valence electrons. The molecule has 1 heterocycles. The molecule has 1 saturated heterocycles. The van der Waals surface area contributed by atoms with Gasteiger partial charge in [-0.3, -0.25) is 4.79 Å². The smallest absolute Gasteiger partial charge is 0.329 e. The summed E-state index contributed by atoms with van der Waals surface area (Å²) in [6.45, 7) is 5.87. The Morgan fingerprint density at radius 2 is 2.06 bits per heavy atom. The molecular formula is C12H22N2O3. The Labute approximate surface area is 102 Å². The van der Waals surface area contributed by atoms with E-state index in [0.717, 1.165) is 19.4 Å². The zero-order valence-electron chi connectivity index (χ0n) is 11.0. The molecule has 0 aromatic carbocycles. The molecule has 17 heavy (non-hydrogen) atoms. The van der Waals surface area contributed by atoms with Crippen LogP contribution in [0.25, 0.3) is 0 Å². The lowest BCUT2D eigenvalue weighted by Crippen LogP contribution is -2.60. The third-order valence-electron chi connectivity index (χ3n) is 3.92. The minimum Gasteiger partial charge on any atom is -0.480 e. The summed E-state index contributed by atoms with van der Waals surface area (Å²) in [7, 11) is 1.56. The largest absolute Gasteiger partial charge is 0.480 e. The highest BCUT2D eigenvalue weighted by atomic mass is 16.4. The summed E-state index contributed by atoms with van der Waals surface area (Å²) >= 11 is 0. The lowest BCUT2D eigenvalue weighted by atomic mass is 9.90. The van der Waals surface area contributed by atoms with E-state index >= 15 is 0 Å². The Morgan fingerprint density at radius 3 is 2.41 bits per heavy atom. The van der Waals surface area contributed by atoms with Crippen LogP contribution in [0.15, 0.2) is 0 Å². The number of carbonyl (C=O) groups is 2. The molecule has 0 radical (unpaired) electrons. The van der Waals surface area contributed by atoms with Gasteiger partial charge in [0.2, 0.25) is 5.91 Å². The normalized spacial score (nSPS) is 24.7. The Kier molecular flexibility index (Phi) is 3.81. The minimum atomic E-state index is -1.18. The summed E-state index contributed by atoms with van der Waals surface area (Å²) < 4.78 is 0. The van der Waals surface area contributed by atoms with Crippen LogP contribution in [0.2, 0.25) is 0 Å². The fraction of sp³-hybridized carbons (Fsp3) is 0.833. The standard InChI is InChI=1S/C12H22N2O3/c1-5-12(7-6-8-13-12)9(15)14(4)11(2,3)10(16)17/h13H,5-8H2,1-4H3,(H,16,17). The maximum atomic E-state index is 12.4. The van der Waals surface area contributed by atoms with Gasteiger partial charge in [-0.15, -0.1) is 0 Å². The van der Waals surface area contributed by atoms with Gasteiger partial charge < -0.3 is 15.3 Å². The summed E-state index contributed by atoms with van der Waals surface area (Å²) in [6.07, 6.45) is 2.43. The monoisotopic (exact) mass is 242 g/mol. The van der Waals surface area contributed by atoms with Crippen molar-refractivity contribution in [2.75, 3.05) is 13.6 Å². The average molecular weight is 242 g/mol. The van der Waals surface area contributed by atoms with Crippen LogP contribution in [0.3, 0.4) is 0 Å². The Balaban J connectivity index is 2.92. The van der Waals surface area contributed by atoms with E-state index in [1.54, 1.807) is 20.9 Å². The molecule has 1 unspecified atom stereocenters. The number of nitrogens with zero attached hydrogens (tertiary/aromatic N) is 1. The lowest BCUT2D eigenvalue weighted by molar-refractivity contribution is -0.158. The van der Waals surface area contributed by atoms with Crippen LogP contribution in [0.1, 0.15) is 40.0 Å². The predicted octanol–water partition coefficient (Wildman–Crippen LogP) is 0.840. The first kappa shape index (κ1) is 14.0. The molecule has 5 heteroatoms. The molecule has 1 aliphatic heterocycles. The number of aliphatic carboxylic acids is 1. The van der Waals surface area contributed by atoms with Gasteiger partial charge in [0.15, 0.2) is 0 Å². The van der Waals surface area contributed by atoms with E-state index in [1.165, 1.54) is 4.90 Å². The number of carboxylic acids is 1. The molecular weight excluding hydrogens is 220 g/mol. The molecule has 2 N–H and O–H groups in total. The number of likely N-dealkylation sites (N-methyl/N-ethyl adjacent to an activating group) is 1. The van der Waals surface area contributed by atoms with Gasteiger partial charge >= 0.3 is 5.97 Å². The van der Waals surface area contributed by atoms with Crippen molar-refractivity contribution in [1.82, 2.24) is 10.2 Å². The first-order valence-corrected chi connectivity index (χ1v) is 6.04. The topological polar surface area (TPSA) is 69.6 Å². The number of hydrogen-bond acceptors (Lipinski definition) is 3. The van der Waals surface area contributed by atoms with E-state index in [0.29, 0.717) is 6.42 Å². The number of carbonyl (C=O) groups excluding carboxylic acids is 1. The number of rotatable bonds is 4. The van der Waals surface area contributed by atoms with Gasteiger partial charge in [0.25, 0.3) is 0 Å². The molecule has 1 atom stereocenters. The first-order valence-electron chi connectivity index (χ1n) is 6.04. The second kappa shape index (κ2) is 4.64. The van der Waals surface area contributed by atoms with Crippen molar-refractivity contribution in [3.05, 3.63) is 0 Å². The van der Waals surface area contributed by atoms with Gasteiger partial charge in [0, 0.05) is 7.05 Å². The van der Waals surface area contributed by atoms with Crippen molar-refractivity contribution in [1.29, 1.82) is 0 Å². The zero-order valence-corrected chi connectivity index (χ0v) is 11.0. The van der Waals surface area contributed by atoms with Crippen molar-refractivity contribution in [3.63, 3.8) is 0 Å². The van der Waals surface area contributed by atoms with E-state index in [4.69, 9.17) is 5.11 Å². The average Bonchev–Trinajstić information content (AvgIpc) is 2.76. The molecule has 1 amide bonds. The molecule has 0 aliphatic carbocycles. The van der Waals surface area contributed by atoms with Gasteiger partial charge in [-0.1, -0.05) is 6.92 Å². The number of hydrogen-bond donors (Lipinski definition) is 2. The first-order chi connectivity index (χ1) is 7.78. The third-order valence-corrected chi connectivity index (χ3v) is 3.92. The molecule has 0 aromatic rings. The van der Waals surface area contributed by atoms with E-state index in [9.17, 15) is 9.59 Å². The summed E-state index contributed by atoms with van der Waals surface area (Å²) in [5, 5.41) is 12.4. The predicted molar refractivity (Wildman–Crippen MR) is 64.7 cm³/mol. The van der Waals surface area contributed by atoms with E-state index < -0.39 is 17.0 Å². The van der Waals surface area contributed by atoms with Gasteiger partial charge in [0.05, 0.1) is 5.54 Å². The highest BCUT2D eigenvalue weighted by Crippen LogP contribution is 2.27. The SMILES string of the molecule is CCC1(C(=O)N(C)C(C)(C)C(=O)O)CCCN1. The Hall–Kier alpha value is -1.10. The van der Waals surface area contributed by atoms with Crippen molar-refractivity contribution < 1.29 is 14.7 Å². The van der Waals surface area contributed by atoms with Crippen LogP contribution in [0, 0.1) is 0 Å².